The first-order valence-electron chi connectivity index (χ1n) is 38.3. The van der Waals surface area contributed by atoms with Gasteiger partial charge in [-0.1, -0.05) is 272 Å². The van der Waals surface area contributed by atoms with Crippen molar-refractivity contribution in [2.45, 2.75) is 375 Å². The molecule has 17 atom stereocenters. The normalized spacial score (nSPS) is 27.4. The molecule has 0 aromatic rings. The third-order valence-electron chi connectivity index (χ3n) is 18.7. The molecule has 19 heteroatoms. The lowest BCUT2D eigenvalue weighted by atomic mass is 9.96. The molecule has 0 aromatic heterocycles. The molecule has 0 aromatic carbocycles. The molecule has 12 N–H and O–H groups in total. The molecular weight excluding hydrogens is 1240 g/mol. The minimum Gasteiger partial charge on any atom is -0.394 e. The standard InChI is InChI=1S/C78H137NO18/c1-3-5-7-9-11-13-15-17-19-21-23-24-25-26-27-28-29-30-31-32-33-34-35-36-38-40-42-44-46-48-50-52-54-56-66(84)79-61(62(83)55-53-51-49-47-45-43-41-39-37-22-20-18-16-14-12-10-8-6-4-2)60-92-76-72(90)69(87)74(64(58-81)94-76)97-78-73(91)70(88)75(65(59-82)95-78)96-77-71(89)68(86)67(85)63(57-80)93-77/h5,7,11,13,17,19,23-24,26-27,45,47,53,55,61-65,67-78,80-83,85-91H,3-4,6,8-10,12,14-16,18,20-22,25,28-44,46,48-52,54,56-60H2,1-2H3,(H,79,84)/b7-5-,13-11-,19-17-,24-23-,27-26-,47-45+,55-53+. The van der Waals surface area contributed by atoms with E-state index in [1.165, 1.54) is 167 Å². The maximum Gasteiger partial charge on any atom is 0.220 e. The highest BCUT2D eigenvalue weighted by Gasteiger charge is 2.53. The van der Waals surface area contributed by atoms with Crippen molar-refractivity contribution in [3.8, 4) is 0 Å². The Bertz CT molecular complexity index is 2080. The van der Waals surface area contributed by atoms with Crippen molar-refractivity contribution in [1.29, 1.82) is 0 Å². The van der Waals surface area contributed by atoms with Crippen LogP contribution in [0, 0.1) is 0 Å². The van der Waals surface area contributed by atoms with Gasteiger partial charge in [-0.05, 0) is 77.0 Å². The highest BCUT2D eigenvalue weighted by Crippen LogP contribution is 2.33. The Morgan fingerprint density at radius 3 is 1.15 bits per heavy atom. The van der Waals surface area contributed by atoms with E-state index in [9.17, 15) is 61.0 Å². The molecule has 19 nitrogen and oxygen atoms in total. The number of rotatable bonds is 59. The molecule has 3 saturated heterocycles. The van der Waals surface area contributed by atoms with Crippen LogP contribution in [-0.2, 0) is 33.2 Å². The molecule has 0 saturated carbocycles. The van der Waals surface area contributed by atoms with Crippen molar-refractivity contribution >= 4 is 5.91 Å². The van der Waals surface area contributed by atoms with Crippen LogP contribution in [0.25, 0.3) is 0 Å². The molecule has 3 heterocycles. The van der Waals surface area contributed by atoms with Crippen molar-refractivity contribution in [3.05, 3.63) is 85.1 Å². The Kier molecular flexibility index (Phi) is 53.2. The van der Waals surface area contributed by atoms with E-state index in [0.29, 0.717) is 12.8 Å². The largest absolute Gasteiger partial charge is 0.394 e. The molecular formula is C78H137NO18. The number of hydrogen-bond donors (Lipinski definition) is 12. The number of hydrogen-bond acceptors (Lipinski definition) is 18. The number of ether oxygens (including phenoxy) is 6. The fraction of sp³-hybridized carbons (Fsp3) is 0.808. The van der Waals surface area contributed by atoms with E-state index in [0.717, 1.165) is 70.6 Å². The quantitative estimate of drug-likeness (QED) is 0.0199. The second kappa shape index (κ2) is 58.5. The molecule has 562 valence electrons. The van der Waals surface area contributed by atoms with Gasteiger partial charge in [0.15, 0.2) is 18.9 Å². The number of carbonyl (C=O) groups excluding carboxylic acids is 1. The van der Waals surface area contributed by atoms with Gasteiger partial charge in [-0.15, -0.1) is 0 Å². The molecule has 3 aliphatic heterocycles. The van der Waals surface area contributed by atoms with Gasteiger partial charge in [0.1, 0.15) is 73.2 Å². The van der Waals surface area contributed by atoms with Crippen LogP contribution in [0.3, 0.4) is 0 Å². The minimum absolute atomic E-state index is 0.233. The van der Waals surface area contributed by atoms with Crippen molar-refractivity contribution in [2.24, 2.45) is 0 Å². The highest BCUT2D eigenvalue weighted by molar-refractivity contribution is 5.76. The molecule has 0 spiro atoms. The summed E-state index contributed by atoms with van der Waals surface area (Å²) in [5.74, 6) is -0.285. The third-order valence-corrected chi connectivity index (χ3v) is 18.7. The fourth-order valence-electron chi connectivity index (χ4n) is 12.5. The number of aliphatic hydroxyl groups is 11. The van der Waals surface area contributed by atoms with E-state index in [2.05, 4.69) is 92.1 Å². The molecule has 1 amide bonds. The van der Waals surface area contributed by atoms with Gasteiger partial charge in [-0.2, -0.15) is 0 Å². The molecule has 0 radical (unpaired) electrons. The van der Waals surface area contributed by atoms with Gasteiger partial charge in [0.05, 0.1) is 38.6 Å². The van der Waals surface area contributed by atoms with Gasteiger partial charge in [-0.3, -0.25) is 4.79 Å². The van der Waals surface area contributed by atoms with Gasteiger partial charge in [0.25, 0.3) is 0 Å². The SMILES string of the molecule is CC/C=C\C/C=C\C/C=C\C/C=C\C/C=C\CCCCCCCCCCCCCCCCCCCC(=O)NC(COC1OC(CO)C(OC2OC(CO)C(OC3OC(CO)C(O)C(O)C3O)C(O)C2O)C(O)C1O)C(O)/C=C/CC/C=C/CCCCCCCCCCCCCCC. The van der Waals surface area contributed by atoms with Gasteiger partial charge in [0, 0.05) is 6.42 Å². The predicted octanol–water partition coefficient (Wildman–Crippen LogP) is 11.8. The monoisotopic (exact) mass is 1380 g/mol. The molecule has 0 aliphatic carbocycles. The van der Waals surface area contributed by atoms with E-state index in [1.54, 1.807) is 6.08 Å². The molecule has 0 bridgehead atoms. The number of nitrogens with one attached hydrogen (secondary N) is 1. The summed E-state index contributed by atoms with van der Waals surface area (Å²) < 4.78 is 34.4. The molecule has 3 aliphatic rings. The Hall–Kier alpha value is -3.03. The average molecular weight is 1380 g/mol. The Morgan fingerprint density at radius 1 is 0.381 bits per heavy atom. The van der Waals surface area contributed by atoms with Gasteiger partial charge < -0.3 is 89.9 Å². The first kappa shape index (κ1) is 88.2. The molecule has 17 unspecified atom stereocenters. The summed E-state index contributed by atoms with van der Waals surface area (Å²) >= 11 is 0. The Morgan fingerprint density at radius 2 is 0.722 bits per heavy atom. The Labute approximate surface area is 584 Å². The zero-order chi connectivity index (χ0) is 70.4. The number of unbranched alkanes of at least 4 members (excludes halogenated alkanes) is 31. The number of amides is 1. The minimum atomic E-state index is -1.98. The predicted molar refractivity (Wildman–Crippen MR) is 383 cm³/mol. The first-order chi connectivity index (χ1) is 47.3. The summed E-state index contributed by atoms with van der Waals surface area (Å²) in [5, 5.41) is 121. The van der Waals surface area contributed by atoms with Gasteiger partial charge in [0.2, 0.25) is 5.91 Å². The number of carbonyl (C=O) groups is 1. The number of allylic oxidation sites excluding steroid dienone is 13. The van der Waals surface area contributed by atoms with Crippen LogP contribution >= 0.6 is 0 Å². The summed E-state index contributed by atoms with van der Waals surface area (Å²) in [6, 6.07) is -0.994. The van der Waals surface area contributed by atoms with E-state index < -0.39 is 124 Å². The zero-order valence-corrected chi connectivity index (χ0v) is 59.8. The first-order valence-corrected chi connectivity index (χ1v) is 38.3. The second-order valence-corrected chi connectivity index (χ2v) is 27.1. The van der Waals surface area contributed by atoms with E-state index in [4.69, 9.17) is 28.4 Å². The van der Waals surface area contributed by atoms with Crippen LogP contribution in [0.15, 0.2) is 85.1 Å². The van der Waals surface area contributed by atoms with Crippen molar-refractivity contribution in [1.82, 2.24) is 5.32 Å². The van der Waals surface area contributed by atoms with E-state index in [1.807, 2.05) is 6.08 Å². The maximum absolute atomic E-state index is 13.4. The van der Waals surface area contributed by atoms with Crippen molar-refractivity contribution < 1.29 is 89.4 Å². The smallest absolute Gasteiger partial charge is 0.220 e. The summed E-state index contributed by atoms with van der Waals surface area (Å²) in [6.07, 6.45) is 49.9. The molecule has 3 fully saturated rings. The average Bonchev–Trinajstić information content (AvgIpc) is 0.845. The van der Waals surface area contributed by atoms with Crippen LogP contribution in [0.4, 0.5) is 0 Å². The maximum atomic E-state index is 13.4. The Balaban J connectivity index is 1.37. The van der Waals surface area contributed by atoms with Crippen LogP contribution in [0.5, 0.6) is 0 Å². The van der Waals surface area contributed by atoms with E-state index in [-0.39, 0.29) is 18.9 Å². The lowest BCUT2D eigenvalue weighted by Crippen LogP contribution is -2.66. The topological polar surface area (TPSA) is 307 Å². The summed E-state index contributed by atoms with van der Waals surface area (Å²) in [7, 11) is 0. The van der Waals surface area contributed by atoms with Crippen molar-refractivity contribution in [3.63, 3.8) is 0 Å². The summed E-state index contributed by atoms with van der Waals surface area (Å²) in [6.45, 7) is 1.62. The highest BCUT2D eigenvalue weighted by atomic mass is 16.8. The van der Waals surface area contributed by atoms with Gasteiger partial charge >= 0.3 is 0 Å². The van der Waals surface area contributed by atoms with Crippen LogP contribution in [0.1, 0.15) is 271 Å². The van der Waals surface area contributed by atoms with E-state index >= 15 is 0 Å². The van der Waals surface area contributed by atoms with Crippen molar-refractivity contribution in [2.75, 3.05) is 26.4 Å². The third kappa shape index (κ3) is 39.3. The molecule has 97 heavy (non-hydrogen) atoms. The summed E-state index contributed by atoms with van der Waals surface area (Å²) in [5.41, 5.74) is 0. The molecule has 3 rings (SSSR count). The lowest BCUT2D eigenvalue weighted by Gasteiger charge is -2.48. The van der Waals surface area contributed by atoms with Crippen LogP contribution in [0.2, 0.25) is 0 Å². The van der Waals surface area contributed by atoms with Crippen LogP contribution in [-0.4, -0.2) is 193 Å². The fourth-order valence-corrected chi connectivity index (χ4v) is 12.5. The zero-order valence-electron chi connectivity index (χ0n) is 59.8. The number of aliphatic hydroxyl groups excluding tert-OH is 11. The summed E-state index contributed by atoms with van der Waals surface area (Å²) in [4.78, 5) is 13.4. The lowest BCUT2D eigenvalue weighted by molar-refractivity contribution is -0.379. The second-order valence-electron chi connectivity index (χ2n) is 27.1. The van der Waals surface area contributed by atoms with Crippen LogP contribution < -0.4 is 5.32 Å². The van der Waals surface area contributed by atoms with Gasteiger partial charge in [-0.25, -0.2) is 0 Å².